The van der Waals surface area contributed by atoms with Crippen LogP contribution in [0.5, 0.6) is 0 Å². The van der Waals surface area contributed by atoms with Gasteiger partial charge in [-0.2, -0.15) is 0 Å². The molecule has 5 nitrogen and oxygen atoms in total. The smallest absolute Gasteiger partial charge is 0.175 e. The van der Waals surface area contributed by atoms with Crippen molar-refractivity contribution in [1.82, 2.24) is 0 Å². The Morgan fingerprint density at radius 2 is 1.71 bits per heavy atom. The monoisotopic (exact) mass is 351 g/mol. The van der Waals surface area contributed by atoms with E-state index in [1.165, 1.54) is 5.56 Å². The van der Waals surface area contributed by atoms with Crippen LogP contribution >= 0.6 is 23.2 Å². The van der Waals surface area contributed by atoms with E-state index < -0.39 is 10.2 Å². The van der Waals surface area contributed by atoms with Crippen molar-refractivity contribution in [3.8, 4) is 0 Å². The third kappa shape index (κ3) is 8.18. The molecule has 0 unspecified atom stereocenters. The Morgan fingerprint density at radius 3 is 2.24 bits per heavy atom. The Morgan fingerprint density at radius 1 is 1.10 bits per heavy atom. The molecular formula is C13H12Cl3NO4. The van der Waals surface area contributed by atoms with Gasteiger partial charge in [0, 0.05) is 22.2 Å². The number of hydrogen-bond donors (Lipinski definition) is 0. The van der Waals surface area contributed by atoms with Crippen LogP contribution in [0.3, 0.4) is 0 Å². The van der Waals surface area contributed by atoms with Gasteiger partial charge in [-0.15, -0.1) is 10.2 Å². The highest BCUT2D eigenvalue weighted by Crippen LogP contribution is 2.20. The van der Waals surface area contributed by atoms with Crippen molar-refractivity contribution < 1.29 is 33.4 Å². The zero-order valence-electron chi connectivity index (χ0n) is 11.0. The van der Waals surface area contributed by atoms with E-state index in [1.54, 1.807) is 6.07 Å². The van der Waals surface area contributed by atoms with E-state index >= 15 is 0 Å². The third-order valence-electron chi connectivity index (χ3n) is 2.37. The Balaban J connectivity index is 0.000000383. The van der Waals surface area contributed by atoms with E-state index in [0.29, 0.717) is 10.0 Å². The highest BCUT2D eigenvalue weighted by atomic mass is 35.7. The first-order valence-electron chi connectivity index (χ1n) is 5.66. The summed E-state index contributed by atoms with van der Waals surface area (Å²) in [4.78, 5) is 0. The first-order chi connectivity index (χ1) is 9.65. The van der Waals surface area contributed by atoms with Crippen molar-refractivity contribution in [3.63, 3.8) is 0 Å². The molecular weight excluding hydrogens is 341 g/mol. The van der Waals surface area contributed by atoms with E-state index in [1.807, 2.05) is 24.4 Å². The van der Waals surface area contributed by atoms with Gasteiger partial charge in [0.15, 0.2) is 18.9 Å². The second-order valence-electron chi connectivity index (χ2n) is 4.17. The molecule has 114 valence electrons. The van der Waals surface area contributed by atoms with Crippen molar-refractivity contribution in [2.75, 3.05) is 0 Å². The Kier molecular flexibility index (Phi) is 6.83. The first kappa shape index (κ1) is 18.1. The van der Waals surface area contributed by atoms with Gasteiger partial charge in [0.2, 0.25) is 0 Å². The van der Waals surface area contributed by atoms with Crippen molar-refractivity contribution >= 4 is 23.2 Å². The number of nitrogens with zero attached hydrogens (tertiary/aromatic N) is 1. The van der Waals surface area contributed by atoms with Gasteiger partial charge in [0.05, 0.1) is 5.02 Å². The maximum Gasteiger partial charge on any atom is 0.175 e. The third-order valence-corrected chi connectivity index (χ3v) is 2.96. The molecule has 0 aliphatic carbocycles. The van der Waals surface area contributed by atoms with E-state index in [-0.39, 0.29) is 0 Å². The SMILES string of the molecule is Cc1ccc[n+](Cc2ccc(Cl)cc2Cl)c1.[O-][Cl+3]([O-])([O-])[O-]. The van der Waals surface area contributed by atoms with Crippen LogP contribution in [-0.4, -0.2) is 0 Å². The second-order valence-corrected chi connectivity index (χ2v) is 5.77. The molecule has 0 radical (unpaired) electrons. The lowest BCUT2D eigenvalue weighted by atomic mass is 10.2. The Labute approximate surface area is 134 Å². The average Bonchev–Trinajstić information content (AvgIpc) is 2.31. The number of aromatic nitrogens is 1. The summed E-state index contributed by atoms with van der Waals surface area (Å²) in [6, 6.07) is 9.69. The van der Waals surface area contributed by atoms with Crippen LogP contribution in [-0.2, 0) is 6.54 Å². The fraction of sp³-hybridized carbons (Fsp3) is 0.154. The molecule has 0 bridgehead atoms. The largest absolute Gasteiger partial charge is 0.222 e. The molecule has 0 atom stereocenters. The van der Waals surface area contributed by atoms with Gasteiger partial charge in [-0.3, -0.25) is 0 Å². The molecule has 0 aliphatic heterocycles. The van der Waals surface area contributed by atoms with Gasteiger partial charge >= 0.3 is 0 Å². The molecule has 21 heavy (non-hydrogen) atoms. The Hall–Kier alpha value is -0.920. The summed E-state index contributed by atoms with van der Waals surface area (Å²) in [6.07, 6.45) is 4.11. The van der Waals surface area contributed by atoms with Crippen LogP contribution < -0.4 is 23.2 Å². The summed E-state index contributed by atoms with van der Waals surface area (Å²) in [6.45, 7) is 2.83. The van der Waals surface area contributed by atoms with Gasteiger partial charge in [-0.25, -0.2) is 23.2 Å². The topological polar surface area (TPSA) is 96.1 Å². The fourth-order valence-corrected chi connectivity index (χ4v) is 2.07. The van der Waals surface area contributed by atoms with E-state index in [2.05, 4.69) is 23.8 Å². The van der Waals surface area contributed by atoms with Crippen molar-refractivity contribution in [2.24, 2.45) is 0 Å². The van der Waals surface area contributed by atoms with Gasteiger partial charge in [0.25, 0.3) is 0 Å². The van der Waals surface area contributed by atoms with Crippen LogP contribution in [0, 0.1) is 17.2 Å². The lowest BCUT2D eigenvalue weighted by Gasteiger charge is -2.17. The highest BCUT2D eigenvalue weighted by molar-refractivity contribution is 6.35. The summed E-state index contributed by atoms with van der Waals surface area (Å²) in [5, 5.41) is 1.38. The standard InChI is InChI=1S/C13H12Cl2N.ClHO4/c1-10-3-2-6-16(8-10)9-11-4-5-12(14)7-13(11)15;2-1(3,4)5/h2-8H,9H2,1H3;(H,2,3,4,5)/q+1;/p-1. The van der Waals surface area contributed by atoms with Gasteiger partial charge in [-0.1, -0.05) is 23.2 Å². The normalized spacial score (nSPS) is 10.8. The first-order valence-corrected chi connectivity index (χ1v) is 7.65. The molecule has 8 heteroatoms. The van der Waals surface area contributed by atoms with Gasteiger partial charge in [-0.05, 0) is 31.2 Å². The van der Waals surface area contributed by atoms with Crippen LogP contribution in [0.15, 0.2) is 42.7 Å². The van der Waals surface area contributed by atoms with E-state index in [9.17, 15) is 0 Å². The number of rotatable bonds is 2. The summed E-state index contributed by atoms with van der Waals surface area (Å²) < 4.78 is 36.1. The zero-order chi connectivity index (χ0) is 16.0. The molecule has 2 rings (SSSR count). The zero-order valence-corrected chi connectivity index (χ0v) is 13.2. The van der Waals surface area contributed by atoms with Crippen LogP contribution in [0.25, 0.3) is 0 Å². The molecule has 0 N–H and O–H groups in total. The number of halogens is 3. The minimum absolute atomic E-state index is 0.669. The summed E-state index contributed by atoms with van der Waals surface area (Å²) in [5.74, 6) is 0. The molecule has 1 aromatic heterocycles. The molecule has 0 saturated carbocycles. The molecule has 0 spiro atoms. The van der Waals surface area contributed by atoms with Crippen molar-refractivity contribution in [3.05, 3.63) is 63.9 Å². The molecule has 0 fully saturated rings. The molecule has 0 saturated heterocycles. The molecule has 1 aromatic carbocycles. The maximum absolute atomic E-state index is 8.49. The number of aryl methyl sites for hydroxylation is 1. The summed E-state index contributed by atoms with van der Waals surface area (Å²) >= 11 is 12.0. The summed E-state index contributed by atoms with van der Waals surface area (Å²) in [5.41, 5.74) is 2.30. The molecule has 0 amide bonds. The number of hydrogen-bond acceptors (Lipinski definition) is 4. The molecule has 0 aliphatic rings. The van der Waals surface area contributed by atoms with Crippen LogP contribution in [0.1, 0.15) is 11.1 Å². The predicted molar refractivity (Wildman–Crippen MR) is 66.9 cm³/mol. The second kappa shape index (κ2) is 7.91. The quantitative estimate of drug-likeness (QED) is 0.640. The predicted octanol–water partition coefficient (Wildman–Crippen LogP) is -1.12. The lowest BCUT2D eigenvalue weighted by molar-refractivity contribution is -2.00. The Bertz CT molecular complexity index is 596. The van der Waals surface area contributed by atoms with E-state index in [4.69, 9.17) is 41.8 Å². The number of benzene rings is 1. The maximum atomic E-state index is 8.49. The number of pyridine rings is 1. The molecule has 1 heterocycles. The lowest BCUT2D eigenvalue weighted by Crippen LogP contribution is -2.68. The average molecular weight is 353 g/mol. The fourth-order valence-electron chi connectivity index (χ4n) is 1.60. The minimum Gasteiger partial charge on any atom is -0.222 e. The van der Waals surface area contributed by atoms with Gasteiger partial charge < -0.3 is 0 Å². The molecule has 2 aromatic rings. The van der Waals surface area contributed by atoms with Gasteiger partial charge in [0.1, 0.15) is 0 Å². The van der Waals surface area contributed by atoms with Crippen LogP contribution in [0.2, 0.25) is 10.0 Å². The summed E-state index contributed by atoms with van der Waals surface area (Å²) in [7, 11) is -4.94. The minimum atomic E-state index is -4.94. The highest BCUT2D eigenvalue weighted by Gasteiger charge is 2.07. The van der Waals surface area contributed by atoms with Crippen LogP contribution in [0.4, 0.5) is 0 Å². The van der Waals surface area contributed by atoms with E-state index in [0.717, 1.165) is 12.1 Å². The van der Waals surface area contributed by atoms with Crippen molar-refractivity contribution in [1.29, 1.82) is 0 Å². The van der Waals surface area contributed by atoms with Crippen molar-refractivity contribution in [2.45, 2.75) is 13.5 Å².